The van der Waals surface area contributed by atoms with Gasteiger partial charge in [-0.25, -0.2) is 9.78 Å². The molecule has 1 aromatic carbocycles. The molecule has 0 aliphatic heterocycles. The molecule has 2 N–H and O–H groups in total. The Morgan fingerprint density at radius 3 is 2.79 bits per heavy atom. The lowest BCUT2D eigenvalue weighted by atomic mass is 10.3. The molecule has 0 fully saturated rings. The Morgan fingerprint density at radius 2 is 2.10 bits per heavy atom. The van der Waals surface area contributed by atoms with E-state index in [1.807, 2.05) is 13.8 Å². The lowest BCUT2D eigenvalue weighted by Gasteiger charge is -2.26. The Labute approximate surface area is 177 Å². The zero-order valence-electron chi connectivity index (χ0n) is 16.0. The zero-order valence-corrected chi connectivity index (χ0v) is 17.6. The van der Waals surface area contributed by atoms with Gasteiger partial charge >= 0.3 is 6.03 Å². The summed E-state index contributed by atoms with van der Waals surface area (Å²) >= 11 is 7.31. The minimum absolute atomic E-state index is 0.0608. The number of rotatable bonds is 7. The maximum Gasteiger partial charge on any atom is 0.322 e. The zero-order chi connectivity index (χ0) is 20.8. The number of thiazole rings is 1. The highest BCUT2D eigenvalue weighted by Gasteiger charge is 2.20. The van der Waals surface area contributed by atoms with Crippen LogP contribution in [0.1, 0.15) is 35.1 Å². The number of hydrogen-bond acceptors (Lipinski definition) is 5. The average molecular weight is 433 g/mol. The second-order valence-electron chi connectivity index (χ2n) is 6.55. The molecule has 3 amide bonds. The molecule has 3 aromatic rings. The van der Waals surface area contributed by atoms with Gasteiger partial charge in [-0.3, -0.25) is 4.79 Å². The molecule has 3 rings (SSSR count). The lowest BCUT2D eigenvalue weighted by Crippen LogP contribution is -2.39. The first kappa shape index (κ1) is 20.9. The molecular formula is C20H21ClN4O3S. The fraction of sp³-hybridized carbons (Fsp3) is 0.250. The Kier molecular flexibility index (Phi) is 6.90. The van der Waals surface area contributed by atoms with Crippen LogP contribution in [-0.2, 0) is 13.1 Å². The third-order valence-electron chi connectivity index (χ3n) is 4.05. The summed E-state index contributed by atoms with van der Waals surface area (Å²) < 4.78 is 5.19. The molecule has 9 heteroatoms. The topological polar surface area (TPSA) is 87.5 Å². The first-order valence-corrected chi connectivity index (χ1v) is 10.3. The molecule has 2 aromatic heterocycles. The smallest absolute Gasteiger partial charge is 0.322 e. The third-order valence-corrected chi connectivity index (χ3v) is 5.12. The number of benzene rings is 1. The summed E-state index contributed by atoms with van der Waals surface area (Å²) in [5, 5.41) is 8.49. The average Bonchev–Trinajstić information content (AvgIpc) is 3.36. The van der Waals surface area contributed by atoms with Gasteiger partial charge in [0.1, 0.15) is 16.5 Å². The van der Waals surface area contributed by atoms with Gasteiger partial charge in [0.15, 0.2) is 0 Å². The van der Waals surface area contributed by atoms with E-state index in [9.17, 15) is 9.59 Å². The highest BCUT2D eigenvalue weighted by Crippen LogP contribution is 2.18. The van der Waals surface area contributed by atoms with Gasteiger partial charge in [0.2, 0.25) is 0 Å². The summed E-state index contributed by atoms with van der Waals surface area (Å²) in [6.07, 6.45) is 1.55. The van der Waals surface area contributed by atoms with Crippen LogP contribution in [0.2, 0.25) is 5.02 Å². The molecule has 0 saturated carbocycles. The van der Waals surface area contributed by atoms with E-state index in [1.54, 1.807) is 52.9 Å². The number of aromatic nitrogens is 1. The quantitative estimate of drug-likeness (QED) is 0.563. The molecule has 0 spiro atoms. The molecule has 0 radical (unpaired) electrons. The van der Waals surface area contributed by atoms with Crippen LogP contribution in [0.25, 0.3) is 0 Å². The third kappa shape index (κ3) is 5.82. The van der Waals surface area contributed by atoms with Crippen molar-refractivity contribution in [2.45, 2.75) is 33.0 Å². The molecule has 0 saturated heterocycles. The maximum absolute atomic E-state index is 12.7. The number of anilines is 1. The Bertz CT molecular complexity index is 972. The molecule has 0 unspecified atom stereocenters. The molecule has 29 heavy (non-hydrogen) atoms. The molecule has 2 heterocycles. The van der Waals surface area contributed by atoms with Gasteiger partial charge in [0.05, 0.1) is 19.4 Å². The molecular weight excluding hydrogens is 412 g/mol. The predicted molar refractivity (Wildman–Crippen MR) is 113 cm³/mol. The Balaban J connectivity index is 1.61. The van der Waals surface area contributed by atoms with Gasteiger partial charge in [-0.2, -0.15) is 0 Å². The minimum Gasteiger partial charge on any atom is -0.467 e. The SMILES string of the molecule is CC(C)N(Cc1nc(C(=O)NCc2ccco2)cs1)C(=O)Nc1cccc(Cl)c1. The number of halogens is 1. The number of nitrogens with one attached hydrogen (secondary N) is 2. The number of hydrogen-bond donors (Lipinski definition) is 2. The summed E-state index contributed by atoms with van der Waals surface area (Å²) in [5.74, 6) is 0.376. The van der Waals surface area contributed by atoms with Gasteiger partial charge < -0.3 is 20.0 Å². The van der Waals surface area contributed by atoms with Gasteiger partial charge in [0, 0.05) is 22.1 Å². The van der Waals surface area contributed by atoms with Gasteiger partial charge in [-0.1, -0.05) is 17.7 Å². The number of carbonyl (C=O) groups excluding carboxylic acids is 2. The van der Waals surface area contributed by atoms with E-state index in [1.165, 1.54) is 11.3 Å². The van der Waals surface area contributed by atoms with E-state index in [0.717, 1.165) is 0 Å². The summed E-state index contributed by atoms with van der Waals surface area (Å²) in [5.41, 5.74) is 0.931. The number of amides is 3. The summed E-state index contributed by atoms with van der Waals surface area (Å²) in [6, 6.07) is 10.2. The Hall–Kier alpha value is -2.84. The summed E-state index contributed by atoms with van der Waals surface area (Å²) in [7, 11) is 0. The highest BCUT2D eigenvalue weighted by molar-refractivity contribution is 7.09. The van der Waals surface area contributed by atoms with Gasteiger partial charge in [-0.05, 0) is 44.2 Å². The van der Waals surface area contributed by atoms with Crippen LogP contribution in [0.4, 0.5) is 10.5 Å². The molecule has 0 bridgehead atoms. The second kappa shape index (κ2) is 9.58. The van der Waals surface area contributed by atoms with Crippen LogP contribution in [0.5, 0.6) is 0 Å². The van der Waals surface area contributed by atoms with Crippen molar-refractivity contribution in [2.24, 2.45) is 0 Å². The number of carbonyl (C=O) groups is 2. The van der Waals surface area contributed by atoms with Crippen molar-refractivity contribution in [1.82, 2.24) is 15.2 Å². The molecule has 0 atom stereocenters. The largest absolute Gasteiger partial charge is 0.467 e. The highest BCUT2D eigenvalue weighted by atomic mass is 35.5. The minimum atomic E-state index is -0.289. The van der Waals surface area contributed by atoms with Crippen molar-refractivity contribution < 1.29 is 14.0 Å². The first-order valence-electron chi connectivity index (χ1n) is 9.00. The van der Waals surface area contributed by atoms with Crippen LogP contribution in [0.3, 0.4) is 0 Å². The van der Waals surface area contributed by atoms with E-state index < -0.39 is 0 Å². The second-order valence-corrected chi connectivity index (χ2v) is 7.93. The lowest BCUT2D eigenvalue weighted by molar-refractivity contribution is 0.0943. The monoisotopic (exact) mass is 432 g/mol. The Morgan fingerprint density at radius 1 is 1.28 bits per heavy atom. The van der Waals surface area contributed by atoms with Crippen LogP contribution < -0.4 is 10.6 Å². The maximum atomic E-state index is 12.7. The molecule has 0 aliphatic rings. The van der Waals surface area contributed by atoms with Crippen molar-refractivity contribution in [3.63, 3.8) is 0 Å². The van der Waals surface area contributed by atoms with E-state index in [2.05, 4.69) is 15.6 Å². The normalized spacial score (nSPS) is 10.8. The standard InChI is InChI=1S/C20H21ClN4O3S/c1-13(2)25(20(27)23-15-6-3-5-14(21)9-15)11-18-24-17(12-29-18)19(26)22-10-16-7-4-8-28-16/h3-9,12-13H,10-11H2,1-2H3,(H,22,26)(H,23,27). The first-order chi connectivity index (χ1) is 13.9. The van der Waals surface area contributed by atoms with E-state index >= 15 is 0 Å². The van der Waals surface area contributed by atoms with Crippen molar-refractivity contribution >= 4 is 40.6 Å². The fourth-order valence-corrected chi connectivity index (χ4v) is 3.52. The number of urea groups is 1. The molecule has 0 aliphatic carbocycles. The molecule has 152 valence electrons. The van der Waals surface area contributed by atoms with E-state index in [0.29, 0.717) is 40.3 Å². The fourth-order valence-electron chi connectivity index (χ4n) is 2.56. The van der Waals surface area contributed by atoms with E-state index in [4.69, 9.17) is 16.0 Å². The summed E-state index contributed by atoms with van der Waals surface area (Å²) in [4.78, 5) is 31.0. The van der Waals surface area contributed by atoms with Crippen LogP contribution in [0.15, 0.2) is 52.5 Å². The predicted octanol–water partition coefficient (Wildman–Crippen LogP) is 4.76. The van der Waals surface area contributed by atoms with Crippen molar-refractivity contribution in [3.05, 3.63) is 69.5 Å². The van der Waals surface area contributed by atoms with Crippen molar-refractivity contribution in [1.29, 1.82) is 0 Å². The van der Waals surface area contributed by atoms with Crippen LogP contribution in [-0.4, -0.2) is 27.9 Å². The number of furan rings is 1. The van der Waals surface area contributed by atoms with Gasteiger partial charge in [0.25, 0.3) is 5.91 Å². The summed E-state index contributed by atoms with van der Waals surface area (Å²) in [6.45, 7) is 4.42. The van der Waals surface area contributed by atoms with Crippen LogP contribution in [0, 0.1) is 0 Å². The van der Waals surface area contributed by atoms with Crippen LogP contribution >= 0.6 is 22.9 Å². The molecule has 7 nitrogen and oxygen atoms in total. The van der Waals surface area contributed by atoms with E-state index in [-0.39, 0.29) is 18.0 Å². The van der Waals surface area contributed by atoms with Gasteiger partial charge in [-0.15, -0.1) is 11.3 Å². The van der Waals surface area contributed by atoms with Crippen molar-refractivity contribution in [3.8, 4) is 0 Å². The van der Waals surface area contributed by atoms with Crippen molar-refractivity contribution in [2.75, 3.05) is 5.32 Å². The number of nitrogens with zero attached hydrogens (tertiary/aromatic N) is 2.